The number of fused-ring (bicyclic) bond motifs is 1. The van der Waals surface area contributed by atoms with Crippen LogP contribution in [0.1, 0.15) is 6.42 Å². The maximum absolute atomic E-state index is 14.4. The molecule has 1 aliphatic rings. The Morgan fingerprint density at radius 3 is 2.41 bits per heavy atom. The maximum Gasteiger partial charge on any atom is 0.390 e. The van der Waals surface area contributed by atoms with E-state index in [4.69, 9.17) is 0 Å². The molecule has 37 heavy (non-hydrogen) atoms. The van der Waals surface area contributed by atoms with Crippen LogP contribution in [0.3, 0.4) is 0 Å². The number of halogens is 5. The Labute approximate surface area is 208 Å². The van der Waals surface area contributed by atoms with E-state index in [1.165, 1.54) is 18.3 Å². The Morgan fingerprint density at radius 1 is 1.03 bits per heavy atom. The topological polar surface area (TPSA) is 80.3 Å². The highest BCUT2D eigenvalue weighted by atomic mass is 19.4. The maximum atomic E-state index is 14.4. The van der Waals surface area contributed by atoms with Crippen molar-refractivity contribution in [2.45, 2.75) is 12.6 Å². The molecule has 1 saturated heterocycles. The van der Waals surface area contributed by atoms with Gasteiger partial charge in [-0.15, -0.1) is 0 Å². The summed E-state index contributed by atoms with van der Waals surface area (Å²) in [6, 6.07) is 8.53. The molecule has 4 aromatic rings. The van der Waals surface area contributed by atoms with Crippen LogP contribution >= 0.6 is 0 Å². The summed E-state index contributed by atoms with van der Waals surface area (Å²) >= 11 is 0. The summed E-state index contributed by atoms with van der Waals surface area (Å²) in [6.45, 7) is 2.18. The van der Waals surface area contributed by atoms with E-state index < -0.39 is 24.2 Å². The van der Waals surface area contributed by atoms with Crippen LogP contribution in [0.5, 0.6) is 5.88 Å². The second-order valence-electron chi connectivity index (χ2n) is 8.77. The van der Waals surface area contributed by atoms with Gasteiger partial charge in [0, 0.05) is 38.9 Å². The van der Waals surface area contributed by atoms with Crippen molar-refractivity contribution in [2.75, 3.05) is 42.9 Å². The van der Waals surface area contributed by atoms with Crippen LogP contribution in [-0.4, -0.2) is 63.9 Å². The molecule has 0 unspecified atom stereocenters. The van der Waals surface area contributed by atoms with Crippen molar-refractivity contribution in [3.05, 3.63) is 60.4 Å². The number of H-pyrrole nitrogens is 1. The lowest BCUT2D eigenvalue weighted by Crippen LogP contribution is -2.47. The Morgan fingerprint density at radius 2 is 1.76 bits per heavy atom. The summed E-state index contributed by atoms with van der Waals surface area (Å²) in [5, 5.41) is 13.7. The molecule has 0 spiro atoms. The van der Waals surface area contributed by atoms with Gasteiger partial charge >= 0.3 is 6.18 Å². The SMILES string of the molecule is Oc1[nH]cc2nc(-c3c(F)cccc3F)cc(Nc3ccc(N4CCN(CCC(F)(F)F)CC4)cn3)c12. The highest BCUT2D eigenvalue weighted by Crippen LogP contribution is 2.36. The molecule has 5 rings (SSSR count). The van der Waals surface area contributed by atoms with Gasteiger partial charge in [0.25, 0.3) is 0 Å². The molecule has 1 aromatic carbocycles. The normalized spacial score (nSPS) is 14.9. The molecular weight excluding hydrogens is 495 g/mol. The zero-order chi connectivity index (χ0) is 26.2. The Bertz CT molecular complexity index is 1380. The highest BCUT2D eigenvalue weighted by Gasteiger charge is 2.29. The van der Waals surface area contributed by atoms with Gasteiger partial charge in [0.05, 0.1) is 46.2 Å². The van der Waals surface area contributed by atoms with Gasteiger partial charge in [-0.25, -0.2) is 18.7 Å². The molecule has 0 bridgehead atoms. The van der Waals surface area contributed by atoms with E-state index in [0.29, 0.717) is 48.6 Å². The van der Waals surface area contributed by atoms with Crippen molar-refractivity contribution in [1.82, 2.24) is 19.9 Å². The van der Waals surface area contributed by atoms with Crippen molar-refractivity contribution in [2.24, 2.45) is 0 Å². The van der Waals surface area contributed by atoms with Gasteiger partial charge in [0.1, 0.15) is 17.5 Å². The third kappa shape index (κ3) is 5.43. The minimum atomic E-state index is -4.16. The van der Waals surface area contributed by atoms with Crippen LogP contribution in [0, 0.1) is 11.6 Å². The second kappa shape index (κ2) is 9.85. The van der Waals surface area contributed by atoms with Crippen molar-refractivity contribution >= 4 is 28.1 Å². The van der Waals surface area contributed by atoms with Crippen molar-refractivity contribution < 1.29 is 27.1 Å². The van der Waals surface area contributed by atoms with Gasteiger partial charge in [-0.2, -0.15) is 13.2 Å². The van der Waals surface area contributed by atoms with Crippen molar-refractivity contribution in [1.29, 1.82) is 0 Å². The number of aromatic hydroxyl groups is 1. The quantitative estimate of drug-likeness (QED) is 0.296. The largest absolute Gasteiger partial charge is 0.494 e. The summed E-state index contributed by atoms with van der Waals surface area (Å²) in [5.74, 6) is -1.27. The molecule has 0 radical (unpaired) electrons. The third-order valence-electron chi connectivity index (χ3n) is 6.31. The number of piperazine rings is 1. The molecule has 0 amide bonds. The van der Waals surface area contributed by atoms with E-state index in [2.05, 4.69) is 20.3 Å². The van der Waals surface area contributed by atoms with Crippen LogP contribution < -0.4 is 10.2 Å². The molecule has 0 saturated carbocycles. The summed E-state index contributed by atoms with van der Waals surface area (Å²) in [7, 11) is 0. The predicted octanol–water partition coefficient (Wildman–Crippen LogP) is 5.43. The van der Waals surface area contributed by atoms with Crippen LogP contribution in [-0.2, 0) is 0 Å². The number of nitrogens with zero attached hydrogens (tertiary/aromatic N) is 4. The van der Waals surface area contributed by atoms with Crippen molar-refractivity contribution in [3.8, 4) is 17.1 Å². The number of aromatic amines is 1. The van der Waals surface area contributed by atoms with Gasteiger partial charge < -0.3 is 20.3 Å². The van der Waals surface area contributed by atoms with E-state index in [9.17, 15) is 27.1 Å². The zero-order valence-corrected chi connectivity index (χ0v) is 19.5. The summed E-state index contributed by atoms with van der Waals surface area (Å²) in [4.78, 5) is 15.2. The molecule has 0 atom stereocenters. The van der Waals surface area contributed by atoms with Crippen LogP contribution in [0.2, 0.25) is 0 Å². The molecule has 7 nitrogen and oxygen atoms in total. The lowest BCUT2D eigenvalue weighted by molar-refractivity contribution is -0.138. The van der Waals surface area contributed by atoms with E-state index in [0.717, 1.165) is 17.8 Å². The van der Waals surface area contributed by atoms with E-state index in [1.807, 2.05) is 11.0 Å². The lowest BCUT2D eigenvalue weighted by Gasteiger charge is -2.36. The Balaban J connectivity index is 1.33. The molecule has 3 aromatic heterocycles. The monoisotopic (exact) mass is 518 g/mol. The average Bonchev–Trinajstić information content (AvgIpc) is 3.24. The number of rotatable bonds is 6. The first-order valence-corrected chi connectivity index (χ1v) is 11.6. The van der Waals surface area contributed by atoms with Crippen LogP contribution in [0.25, 0.3) is 22.2 Å². The third-order valence-corrected chi connectivity index (χ3v) is 6.31. The van der Waals surface area contributed by atoms with Gasteiger partial charge in [-0.1, -0.05) is 6.07 Å². The number of nitrogens with one attached hydrogen (secondary N) is 2. The van der Waals surface area contributed by atoms with E-state index in [-0.39, 0.29) is 23.7 Å². The number of anilines is 3. The van der Waals surface area contributed by atoms with E-state index in [1.54, 1.807) is 17.2 Å². The van der Waals surface area contributed by atoms with Gasteiger partial charge in [-0.05, 0) is 30.3 Å². The van der Waals surface area contributed by atoms with Gasteiger partial charge in [-0.3, -0.25) is 4.90 Å². The molecular formula is C25H23F5N6O. The molecule has 12 heteroatoms. The minimum absolute atomic E-state index is 0.0103. The standard InChI is InChI=1S/C25H23F5N6O/c26-16-2-1-3-17(27)22(16)18-12-19(23-20(33-18)14-32-24(23)37)34-21-5-4-15(13-31-21)36-10-8-35(9-11-36)7-6-25(28,29)30/h1-5,12-14,32,37H,6-11H2,(H,31,34). The molecule has 1 aliphatic heterocycles. The smallest absolute Gasteiger partial charge is 0.390 e. The number of hydrogen-bond acceptors (Lipinski definition) is 6. The molecule has 1 fully saturated rings. The molecule has 0 aliphatic carbocycles. The molecule has 3 N–H and O–H groups in total. The number of aromatic nitrogens is 3. The summed E-state index contributed by atoms with van der Waals surface area (Å²) < 4.78 is 66.3. The molecule has 194 valence electrons. The minimum Gasteiger partial charge on any atom is -0.494 e. The lowest BCUT2D eigenvalue weighted by atomic mass is 10.1. The second-order valence-corrected chi connectivity index (χ2v) is 8.77. The van der Waals surface area contributed by atoms with Gasteiger partial charge in [0.2, 0.25) is 0 Å². The highest BCUT2D eigenvalue weighted by molar-refractivity contribution is 5.99. The Hall–Kier alpha value is -3.93. The molecule has 4 heterocycles. The first-order valence-electron chi connectivity index (χ1n) is 11.6. The van der Waals surface area contributed by atoms with Gasteiger partial charge in [0.15, 0.2) is 5.88 Å². The number of pyridine rings is 2. The van der Waals surface area contributed by atoms with Crippen LogP contribution in [0.15, 0.2) is 48.8 Å². The number of benzene rings is 1. The van der Waals surface area contributed by atoms with Crippen molar-refractivity contribution in [3.63, 3.8) is 0 Å². The van der Waals surface area contributed by atoms with Crippen LogP contribution in [0.4, 0.5) is 39.1 Å². The first-order chi connectivity index (χ1) is 17.7. The fourth-order valence-electron chi connectivity index (χ4n) is 4.40. The summed E-state index contributed by atoms with van der Waals surface area (Å²) in [5.41, 5.74) is 1.23. The fraction of sp³-hybridized carbons (Fsp3) is 0.280. The van der Waals surface area contributed by atoms with E-state index >= 15 is 0 Å². The average molecular weight is 518 g/mol. The zero-order valence-electron chi connectivity index (χ0n) is 19.5. The Kier molecular flexibility index (Phi) is 6.59. The predicted molar refractivity (Wildman–Crippen MR) is 130 cm³/mol. The number of hydrogen-bond donors (Lipinski definition) is 3. The first kappa shape index (κ1) is 24.8. The number of alkyl halides is 3. The fourth-order valence-corrected chi connectivity index (χ4v) is 4.40. The summed E-state index contributed by atoms with van der Waals surface area (Å²) in [6.07, 6.45) is -1.91.